The predicted molar refractivity (Wildman–Crippen MR) is 124 cm³/mol. The maximum absolute atomic E-state index is 13.0. The first-order valence-corrected chi connectivity index (χ1v) is 11.0. The molecule has 3 unspecified atom stereocenters. The number of carbonyl (C=O) groups is 2. The third-order valence-corrected chi connectivity index (χ3v) is 6.19. The van der Waals surface area contributed by atoms with Crippen LogP contribution in [0.5, 0.6) is 0 Å². The van der Waals surface area contributed by atoms with Gasteiger partial charge in [-0.05, 0) is 50.1 Å². The summed E-state index contributed by atoms with van der Waals surface area (Å²) in [5.41, 5.74) is 7.12. The number of furan rings is 1. The van der Waals surface area contributed by atoms with Crippen molar-refractivity contribution in [3.63, 3.8) is 0 Å². The van der Waals surface area contributed by atoms with E-state index in [1.165, 1.54) is 16.3 Å². The van der Waals surface area contributed by atoms with Gasteiger partial charge < -0.3 is 15.1 Å². The largest absolute Gasteiger partial charge is 0.433 e. The number of aryl methyl sites for hydroxylation is 3. The topological polar surface area (TPSA) is 160 Å². The maximum Gasteiger partial charge on any atom is 0.433 e. The number of rotatable bonds is 5. The van der Waals surface area contributed by atoms with Crippen LogP contribution in [-0.4, -0.2) is 39.2 Å². The van der Waals surface area contributed by atoms with Gasteiger partial charge >= 0.3 is 5.88 Å². The average molecular weight is 480 g/mol. The number of aromatic nitrogens is 2. The van der Waals surface area contributed by atoms with Crippen molar-refractivity contribution in [2.45, 2.75) is 33.2 Å². The van der Waals surface area contributed by atoms with Crippen molar-refractivity contribution in [2.75, 3.05) is 16.9 Å². The molecule has 2 saturated heterocycles. The van der Waals surface area contributed by atoms with E-state index in [9.17, 15) is 19.7 Å². The van der Waals surface area contributed by atoms with Crippen LogP contribution >= 0.6 is 0 Å². The molecular formula is C22H24N8O5. The second kappa shape index (κ2) is 8.52. The summed E-state index contributed by atoms with van der Waals surface area (Å²) in [6, 6.07) is 10.0. The molecule has 4 heterocycles. The van der Waals surface area contributed by atoms with Crippen LogP contribution in [0.4, 0.5) is 17.4 Å². The van der Waals surface area contributed by atoms with Gasteiger partial charge in [0.25, 0.3) is 5.91 Å². The number of nitro groups is 1. The molecule has 2 aliphatic heterocycles. The second-order valence-corrected chi connectivity index (χ2v) is 8.59. The molecule has 3 atom stereocenters. The summed E-state index contributed by atoms with van der Waals surface area (Å²) < 4.78 is 6.44. The lowest BCUT2D eigenvalue weighted by Crippen LogP contribution is -2.61. The summed E-state index contributed by atoms with van der Waals surface area (Å²) in [5, 5.41) is 26.2. The third kappa shape index (κ3) is 4.11. The summed E-state index contributed by atoms with van der Waals surface area (Å²) in [5.74, 6) is -1.66. The van der Waals surface area contributed by atoms with Crippen molar-refractivity contribution in [3.05, 3.63) is 69.1 Å². The van der Waals surface area contributed by atoms with E-state index in [1.807, 2.05) is 31.0 Å². The Balaban J connectivity index is 1.39. The van der Waals surface area contributed by atoms with Crippen LogP contribution in [0.3, 0.4) is 0 Å². The summed E-state index contributed by atoms with van der Waals surface area (Å²) >= 11 is 0. The summed E-state index contributed by atoms with van der Waals surface area (Å²) in [6.07, 6.45) is -1.12. The highest BCUT2D eigenvalue weighted by Gasteiger charge is 2.45. The van der Waals surface area contributed by atoms with E-state index in [4.69, 9.17) is 4.42 Å². The maximum atomic E-state index is 13.0. The van der Waals surface area contributed by atoms with Gasteiger partial charge in [-0.25, -0.2) is 10.1 Å². The number of anilines is 2. The molecule has 182 valence electrons. The lowest BCUT2D eigenvalue weighted by molar-refractivity contribution is -0.402. The number of nitrogens with one attached hydrogen (secondary N) is 4. The Morgan fingerprint density at radius 1 is 1.20 bits per heavy atom. The summed E-state index contributed by atoms with van der Waals surface area (Å²) in [4.78, 5) is 35.7. The number of fused-ring (bicyclic) bond motifs is 1. The van der Waals surface area contributed by atoms with Crippen molar-refractivity contribution in [1.29, 1.82) is 0 Å². The van der Waals surface area contributed by atoms with Crippen LogP contribution in [0.25, 0.3) is 0 Å². The first kappa shape index (κ1) is 22.6. The van der Waals surface area contributed by atoms with Gasteiger partial charge in [0.15, 0.2) is 12.0 Å². The lowest BCUT2D eigenvalue weighted by Gasteiger charge is -2.37. The van der Waals surface area contributed by atoms with Gasteiger partial charge in [-0.15, -0.1) is 0 Å². The minimum atomic E-state index is -0.757. The van der Waals surface area contributed by atoms with E-state index in [1.54, 1.807) is 13.0 Å². The zero-order chi connectivity index (χ0) is 24.9. The fraction of sp³-hybridized carbons (Fsp3) is 0.318. The van der Waals surface area contributed by atoms with E-state index in [-0.39, 0.29) is 29.6 Å². The van der Waals surface area contributed by atoms with E-state index in [0.717, 1.165) is 17.3 Å². The molecule has 5 rings (SSSR count). The molecule has 0 radical (unpaired) electrons. The molecule has 0 aliphatic carbocycles. The summed E-state index contributed by atoms with van der Waals surface area (Å²) in [6.45, 7) is 6.28. The molecule has 0 saturated carbocycles. The molecule has 3 aromatic rings. The van der Waals surface area contributed by atoms with E-state index >= 15 is 0 Å². The fourth-order valence-electron chi connectivity index (χ4n) is 4.25. The Bertz CT molecular complexity index is 1330. The van der Waals surface area contributed by atoms with Crippen LogP contribution in [0.15, 0.2) is 40.8 Å². The molecule has 2 aliphatic rings. The van der Waals surface area contributed by atoms with Crippen LogP contribution in [0.1, 0.15) is 33.7 Å². The Kier molecular flexibility index (Phi) is 5.49. The normalized spacial score (nSPS) is 21.5. The van der Waals surface area contributed by atoms with Crippen molar-refractivity contribution < 1.29 is 18.9 Å². The molecular weight excluding hydrogens is 456 g/mol. The van der Waals surface area contributed by atoms with Crippen LogP contribution in [0.2, 0.25) is 0 Å². The molecule has 13 heteroatoms. The number of nitrogens with zero attached hydrogens (tertiary/aromatic N) is 4. The average Bonchev–Trinajstić information content (AvgIpc) is 3.54. The van der Waals surface area contributed by atoms with Gasteiger partial charge in [0, 0.05) is 12.6 Å². The van der Waals surface area contributed by atoms with Crippen molar-refractivity contribution >= 4 is 29.2 Å². The Morgan fingerprint density at radius 2 is 2.00 bits per heavy atom. The molecule has 0 spiro atoms. The molecule has 35 heavy (non-hydrogen) atoms. The van der Waals surface area contributed by atoms with E-state index < -0.39 is 23.0 Å². The SMILES string of the molecule is Cc1cc(NC(=O)c2ccc([N+](=O)[O-])o2)n(C2NC(=O)C3CNN(c4ccc(C)c(C)c4)C3N2)n1. The van der Waals surface area contributed by atoms with Gasteiger partial charge in [0.05, 0.1) is 23.4 Å². The van der Waals surface area contributed by atoms with Crippen molar-refractivity contribution in [3.8, 4) is 0 Å². The van der Waals surface area contributed by atoms with Gasteiger partial charge in [0.2, 0.25) is 5.91 Å². The van der Waals surface area contributed by atoms with Gasteiger partial charge in [-0.1, -0.05) is 6.07 Å². The smallest absolute Gasteiger partial charge is 0.395 e. The molecule has 4 N–H and O–H groups in total. The quantitative estimate of drug-likeness (QED) is 0.315. The molecule has 1 aromatic carbocycles. The van der Waals surface area contributed by atoms with Crippen molar-refractivity contribution in [1.82, 2.24) is 25.8 Å². The minimum Gasteiger partial charge on any atom is -0.395 e. The Morgan fingerprint density at radius 3 is 2.71 bits per heavy atom. The van der Waals surface area contributed by atoms with Gasteiger partial charge in [-0.3, -0.25) is 30.0 Å². The summed E-state index contributed by atoms with van der Waals surface area (Å²) in [7, 11) is 0. The second-order valence-electron chi connectivity index (χ2n) is 8.59. The number of benzene rings is 1. The number of hydrazine groups is 1. The van der Waals surface area contributed by atoms with Crippen LogP contribution in [-0.2, 0) is 4.79 Å². The third-order valence-electron chi connectivity index (χ3n) is 6.19. The fourth-order valence-corrected chi connectivity index (χ4v) is 4.25. The number of carbonyl (C=O) groups excluding carboxylic acids is 2. The van der Waals surface area contributed by atoms with Crippen molar-refractivity contribution in [2.24, 2.45) is 5.92 Å². The zero-order valence-electron chi connectivity index (χ0n) is 19.2. The first-order valence-electron chi connectivity index (χ1n) is 11.0. The number of hydrogen-bond acceptors (Lipinski definition) is 9. The van der Waals surface area contributed by atoms with Crippen LogP contribution < -0.4 is 26.4 Å². The Hall–Kier alpha value is -4.23. The Labute approximate surface area is 199 Å². The first-order chi connectivity index (χ1) is 16.7. The highest BCUT2D eigenvalue weighted by molar-refractivity contribution is 6.02. The highest BCUT2D eigenvalue weighted by Crippen LogP contribution is 2.29. The lowest BCUT2D eigenvalue weighted by atomic mass is 10.0. The molecule has 2 amide bonds. The van der Waals surface area contributed by atoms with Crippen LogP contribution in [0, 0.1) is 36.8 Å². The number of hydrogen-bond donors (Lipinski definition) is 4. The van der Waals surface area contributed by atoms with E-state index in [2.05, 4.69) is 32.5 Å². The van der Waals surface area contributed by atoms with Gasteiger partial charge in [-0.2, -0.15) is 5.10 Å². The monoisotopic (exact) mass is 480 g/mol. The van der Waals surface area contributed by atoms with E-state index in [0.29, 0.717) is 12.2 Å². The molecule has 2 aromatic heterocycles. The zero-order valence-corrected chi connectivity index (χ0v) is 19.2. The highest BCUT2D eigenvalue weighted by atomic mass is 16.6. The minimum absolute atomic E-state index is 0.162. The standard InChI is InChI=1S/C22H24N8O5/c1-11-4-5-14(8-12(11)2)28-19-15(10-23-28)20(31)26-22(25-19)29-17(9-13(3)27-29)24-21(32)16-6-7-18(35-16)30(33)34/h4-9,15,19,22-23,25H,10H2,1-3H3,(H,24,32)(H,26,31). The molecule has 13 nitrogen and oxygen atoms in total. The predicted octanol–water partition coefficient (Wildman–Crippen LogP) is 1.70. The van der Waals surface area contributed by atoms with Gasteiger partial charge in [0.1, 0.15) is 16.9 Å². The number of amides is 2. The molecule has 2 fully saturated rings. The molecule has 0 bridgehead atoms.